The first-order valence-electron chi connectivity index (χ1n) is 11.4. The summed E-state index contributed by atoms with van der Waals surface area (Å²) in [5, 5.41) is 17.9. The average molecular weight is 444 g/mol. The summed E-state index contributed by atoms with van der Waals surface area (Å²) in [6, 6.07) is 11.9. The number of hydrogen-bond acceptors (Lipinski definition) is 3. The lowest BCUT2D eigenvalue weighted by Gasteiger charge is -2.27. The van der Waals surface area contributed by atoms with Gasteiger partial charge in [0.25, 0.3) is 5.91 Å². The van der Waals surface area contributed by atoms with Gasteiger partial charge >= 0.3 is 5.97 Å². The minimum Gasteiger partial charge on any atom is -0.481 e. The third-order valence-electron chi connectivity index (χ3n) is 6.60. The predicted octanol–water partition coefficient (Wildman–Crippen LogP) is 4.70. The monoisotopic (exact) mass is 443 g/mol. The first-order valence-corrected chi connectivity index (χ1v) is 11.4. The molecular weight excluding hydrogens is 414 g/mol. The molecule has 1 saturated carbocycles. The normalized spacial score (nSPS) is 18.9. The molecule has 1 unspecified atom stereocenters. The van der Waals surface area contributed by atoms with Gasteiger partial charge in [-0.1, -0.05) is 35.7 Å². The minimum atomic E-state index is -0.747. The summed E-state index contributed by atoms with van der Waals surface area (Å²) in [6.07, 6.45) is 4.30. The Morgan fingerprint density at radius 2 is 1.82 bits per heavy atom. The van der Waals surface area contributed by atoms with Crippen molar-refractivity contribution in [2.24, 2.45) is 5.92 Å². The summed E-state index contributed by atoms with van der Waals surface area (Å²) >= 11 is 0. The molecular formula is C27H29N3O3. The van der Waals surface area contributed by atoms with Gasteiger partial charge in [-0.3, -0.25) is 14.3 Å². The number of carbonyl (C=O) groups is 2. The van der Waals surface area contributed by atoms with Gasteiger partial charge in [0.2, 0.25) is 0 Å². The van der Waals surface area contributed by atoms with Gasteiger partial charge in [0.15, 0.2) is 0 Å². The second-order valence-electron chi connectivity index (χ2n) is 8.83. The Hall–Kier alpha value is -3.59. The van der Waals surface area contributed by atoms with E-state index in [1.807, 2.05) is 16.8 Å². The molecule has 1 aliphatic carbocycles. The smallest absolute Gasteiger partial charge is 0.306 e. The maximum atomic E-state index is 13.4. The fraction of sp³-hybridized carbons (Fsp3) is 0.370. The first-order chi connectivity index (χ1) is 15.9. The lowest BCUT2D eigenvalue weighted by atomic mass is 9.86. The number of aromatic nitrogens is 2. The fourth-order valence-electron chi connectivity index (χ4n) is 4.62. The number of aryl methyl sites for hydroxylation is 1. The zero-order valence-corrected chi connectivity index (χ0v) is 19.3. The van der Waals surface area contributed by atoms with Crippen LogP contribution in [0.25, 0.3) is 10.9 Å². The molecule has 2 aromatic carbocycles. The Balaban J connectivity index is 1.69. The number of benzene rings is 2. The number of nitrogens with zero attached hydrogens (tertiary/aromatic N) is 2. The van der Waals surface area contributed by atoms with Crippen molar-refractivity contribution in [2.75, 3.05) is 0 Å². The van der Waals surface area contributed by atoms with Gasteiger partial charge in [0.05, 0.1) is 29.2 Å². The van der Waals surface area contributed by atoms with E-state index in [1.54, 1.807) is 13.1 Å². The van der Waals surface area contributed by atoms with Gasteiger partial charge < -0.3 is 10.4 Å². The van der Waals surface area contributed by atoms with Crippen molar-refractivity contribution >= 4 is 22.8 Å². The van der Waals surface area contributed by atoms with Crippen molar-refractivity contribution in [1.29, 1.82) is 0 Å². The second kappa shape index (κ2) is 9.50. The van der Waals surface area contributed by atoms with E-state index in [4.69, 9.17) is 0 Å². The van der Waals surface area contributed by atoms with Gasteiger partial charge in [-0.15, -0.1) is 5.92 Å². The van der Waals surface area contributed by atoms with Crippen LogP contribution in [0, 0.1) is 24.7 Å². The Kier molecular flexibility index (Phi) is 6.50. The van der Waals surface area contributed by atoms with E-state index in [2.05, 4.69) is 60.4 Å². The number of aliphatic carboxylic acids is 1. The highest BCUT2D eigenvalue weighted by molar-refractivity contribution is 6.07. The Morgan fingerprint density at radius 3 is 2.45 bits per heavy atom. The summed E-state index contributed by atoms with van der Waals surface area (Å²) < 4.78 is 1.90. The van der Waals surface area contributed by atoms with E-state index in [9.17, 15) is 14.7 Å². The van der Waals surface area contributed by atoms with Crippen LogP contribution in [-0.2, 0) is 4.79 Å². The molecule has 1 aromatic heterocycles. The predicted molar refractivity (Wildman–Crippen MR) is 128 cm³/mol. The van der Waals surface area contributed by atoms with Crippen LogP contribution in [0.5, 0.6) is 0 Å². The number of carboxylic acids is 1. The molecule has 2 N–H and O–H groups in total. The Bertz CT molecular complexity index is 1240. The van der Waals surface area contributed by atoms with Crippen molar-refractivity contribution in [3.8, 4) is 11.8 Å². The number of nitrogens with one attached hydrogen (secondary N) is 1. The highest BCUT2D eigenvalue weighted by atomic mass is 16.4. The van der Waals surface area contributed by atoms with Crippen molar-refractivity contribution < 1.29 is 14.7 Å². The van der Waals surface area contributed by atoms with Crippen molar-refractivity contribution in [2.45, 2.75) is 58.5 Å². The van der Waals surface area contributed by atoms with Crippen LogP contribution in [0.3, 0.4) is 0 Å². The fourth-order valence-corrected chi connectivity index (χ4v) is 4.62. The topological polar surface area (TPSA) is 84.2 Å². The molecule has 0 radical (unpaired) electrons. The molecule has 3 aromatic rings. The molecule has 0 aliphatic heterocycles. The van der Waals surface area contributed by atoms with E-state index < -0.39 is 5.97 Å². The molecule has 0 bridgehead atoms. The van der Waals surface area contributed by atoms with Crippen LogP contribution in [0.15, 0.2) is 42.6 Å². The molecule has 4 rings (SSSR count). The van der Waals surface area contributed by atoms with Crippen LogP contribution in [-0.4, -0.2) is 32.8 Å². The van der Waals surface area contributed by atoms with Crippen molar-refractivity contribution in [3.63, 3.8) is 0 Å². The van der Waals surface area contributed by atoms with Crippen LogP contribution in [0.1, 0.15) is 72.6 Å². The van der Waals surface area contributed by atoms with E-state index >= 15 is 0 Å². The minimum absolute atomic E-state index is 0.0239. The van der Waals surface area contributed by atoms with Crippen LogP contribution >= 0.6 is 0 Å². The lowest BCUT2D eigenvalue weighted by Crippen LogP contribution is -2.39. The quantitative estimate of drug-likeness (QED) is 0.560. The molecule has 1 amide bonds. The summed E-state index contributed by atoms with van der Waals surface area (Å²) in [7, 11) is 0. The first kappa shape index (κ1) is 22.6. The largest absolute Gasteiger partial charge is 0.481 e. The van der Waals surface area contributed by atoms with E-state index in [0.717, 1.165) is 22.0 Å². The number of carbonyl (C=O) groups excluding carboxylic acids is 1. The van der Waals surface area contributed by atoms with E-state index in [0.29, 0.717) is 31.2 Å². The molecule has 1 heterocycles. The van der Waals surface area contributed by atoms with Crippen LogP contribution in [0.2, 0.25) is 0 Å². The lowest BCUT2D eigenvalue weighted by molar-refractivity contribution is -0.142. The molecule has 1 atom stereocenters. The van der Waals surface area contributed by atoms with E-state index in [1.165, 1.54) is 5.56 Å². The van der Waals surface area contributed by atoms with Crippen LogP contribution < -0.4 is 5.32 Å². The van der Waals surface area contributed by atoms with Gasteiger partial charge in [0.1, 0.15) is 0 Å². The number of hydrogen-bond donors (Lipinski definition) is 2. The van der Waals surface area contributed by atoms with Crippen molar-refractivity contribution in [1.82, 2.24) is 15.1 Å². The Labute approximate surface area is 194 Å². The zero-order valence-electron chi connectivity index (χ0n) is 19.3. The SMILES string of the molecule is CC#Cc1ccc(C(=O)NC2CCC(C(=O)O)CC2)c2c1cnn2C(C)c1ccc(C)cc1. The summed E-state index contributed by atoms with van der Waals surface area (Å²) in [5.41, 5.74) is 4.46. The van der Waals surface area contributed by atoms with E-state index in [-0.39, 0.29) is 23.9 Å². The second-order valence-corrected chi connectivity index (χ2v) is 8.83. The number of fused-ring (bicyclic) bond motifs is 1. The highest BCUT2D eigenvalue weighted by Crippen LogP contribution is 2.29. The summed E-state index contributed by atoms with van der Waals surface area (Å²) in [5.74, 6) is 4.85. The number of carboxylic acid groups (broad SMARTS) is 1. The zero-order chi connectivity index (χ0) is 23.5. The number of rotatable bonds is 5. The van der Waals surface area contributed by atoms with Gasteiger partial charge in [-0.05, 0) is 64.2 Å². The molecule has 1 aliphatic rings. The third kappa shape index (κ3) is 4.63. The highest BCUT2D eigenvalue weighted by Gasteiger charge is 2.28. The molecule has 1 fully saturated rings. The summed E-state index contributed by atoms with van der Waals surface area (Å²) in [4.78, 5) is 24.6. The molecule has 0 spiro atoms. The maximum Gasteiger partial charge on any atom is 0.306 e. The maximum absolute atomic E-state index is 13.4. The molecule has 6 heteroatoms. The molecule has 6 nitrogen and oxygen atoms in total. The van der Waals surface area contributed by atoms with Gasteiger partial charge in [-0.2, -0.15) is 5.10 Å². The standard InChI is InChI=1S/C27H29N3O3/c1-4-5-20-12-15-23(26(31)29-22-13-10-21(11-14-22)27(32)33)25-24(20)16-28-30(25)18(3)19-8-6-17(2)7-9-19/h6-9,12,15-16,18,21-22H,10-11,13-14H2,1-3H3,(H,29,31)(H,32,33). The molecule has 170 valence electrons. The average Bonchev–Trinajstić information content (AvgIpc) is 3.25. The summed E-state index contributed by atoms with van der Waals surface area (Å²) in [6.45, 7) is 5.92. The molecule has 33 heavy (non-hydrogen) atoms. The number of amides is 1. The van der Waals surface area contributed by atoms with Gasteiger partial charge in [-0.25, -0.2) is 0 Å². The van der Waals surface area contributed by atoms with Crippen molar-refractivity contribution in [3.05, 3.63) is 64.8 Å². The Morgan fingerprint density at radius 1 is 1.12 bits per heavy atom. The third-order valence-corrected chi connectivity index (χ3v) is 6.60. The van der Waals surface area contributed by atoms with Gasteiger partial charge in [0, 0.05) is 17.0 Å². The molecule has 0 saturated heterocycles. The van der Waals surface area contributed by atoms with Crippen LogP contribution in [0.4, 0.5) is 0 Å².